The molecule has 0 spiro atoms. The maximum atomic E-state index is 9.84. The van der Waals surface area contributed by atoms with E-state index in [-0.39, 0.29) is 0 Å². The molecule has 0 N–H and O–H groups in total. The summed E-state index contributed by atoms with van der Waals surface area (Å²) in [5.74, 6) is 0.671. The highest BCUT2D eigenvalue weighted by molar-refractivity contribution is 7.98. The Morgan fingerprint density at radius 2 is 1.85 bits per heavy atom. The average molecular weight is 386 g/mol. The minimum absolute atomic E-state index is 0.623. The predicted molar refractivity (Wildman–Crippen MR) is 111 cm³/mol. The first-order chi connectivity index (χ1) is 13.3. The van der Waals surface area contributed by atoms with Crippen molar-refractivity contribution in [3.8, 4) is 27.8 Å². The summed E-state index contributed by atoms with van der Waals surface area (Å²) in [7, 11) is 0. The Bertz CT molecular complexity index is 1070. The van der Waals surface area contributed by atoms with Gasteiger partial charge < -0.3 is 0 Å². The molecule has 1 aromatic carbocycles. The van der Waals surface area contributed by atoms with E-state index in [1.165, 1.54) is 0 Å². The third-order valence-electron chi connectivity index (χ3n) is 4.04. The van der Waals surface area contributed by atoms with Crippen molar-refractivity contribution in [3.05, 3.63) is 89.6 Å². The molecule has 0 saturated carbocycles. The second-order valence-electron chi connectivity index (χ2n) is 5.80. The minimum atomic E-state index is 0.623. The van der Waals surface area contributed by atoms with E-state index in [0.717, 1.165) is 32.4 Å². The number of rotatable bonds is 5. The molecule has 5 heteroatoms. The van der Waals surface area contributed by atoms with Crippen molar-refractivity contribution in [2.75, 3.05) is 0 Å². The molecule has 3 nitrogen and oxygen atoms in total. The number of nitriles is 1. The van der Waals surface area contributed by atoms with Crippen molar-refractivity contribution >= 4 is 23.1 Å². The van der Waals surface area contributed by atoms with Gasteiger partial charge in [0.15, 0.2) is 0 Å². The zero-order valence-electron chi connectivity index (χ0n) is 14.4. The van der Waals surface area contributed by atoms with Crippen molar-refractivity contribution in [2.45, 2.75) is 10.8 Å². The van der Waals surface area contributed by atoms with Crippen molar-refractivity contribution in [3.63, 3.8) is 0 Å². The van der Waals surface area contributed by atoms with Gasteiger partial charge in [-0.25, -0.2) is 4.98 Å². The molecule has 3 aromatic heterocycles. The van der Waals surface area contributed by atoms with Crippen LogP contribution in [0, 0.1) is 11.3 Å². The van der Waals surface area contributed by atoms with E-state index >= 15 is 0 Å². The lowest BCUT2D eigenvalue weighted by Gasteiger charge is -2.11. The van der Waals surface area contributed by atoms with Crippen LogP contribution in [-0.4, -0.2) is 9.97 Å². The molecule has 4 aromatic rings. The van der Waals surface area contributed by atoms with Gasteiger partial charge in [-0.15, -0.1) is 11.3 Å². The van der Waals surface area contributed by atoms with Gasteiger partial charge in [-0.05, 0) is 29.6 Å². The molecule has 130 valence electrons. The molecule has 0 unspecified atom stereocenters. The fourth-order valence-electron chi connectivity index (χ4n) is 2.74. The Labute approximate surface area is 166 Å². The Morgan fingerprint density at radius 1 is 1.00 bits per heavy atom. The number of benzene rings is 1. The number of pyridine rings is 2. The summed E-state index contributed by atoms with van der Waals surface area (Å²) in [6, 6.07) is 24.4. The second-order valence-corrected chi connectivity index (χ2v) is 7.71. The Hall–Kier alpha value is -2.94. The van der Waals surface area contributed by atoms with Gasteiger partial charge >= 0.3 is 0 Å². The molecule has 0 bridgehead atoms. The number of aromatic nitrogens is 2. The van der Waals surface area contributed by atoms with Crippen LogP contribution in [-0.2, 0) is 5.75 Å². The summed E-state index contributed by atoms with van der Waals surface area (Å²) in [4.78, 5) is 10.3. The lowest BCUT2D eigenvalue weighted by Crippen LogP contribution is -1.96. The third kappa shape index (κ3) is 3.92. The van der Waals surface area contributed by atoms with Gasteiger partial charge in [0.05, 0.1) is 17.0 Å². The summed E-state index contributed by atoms with van der Waals surface area (Å²) in [6.45, 7) is 0. The normalized spacial score (nSPS) is 10.5. The predicted octanol–water partition coefficient (Wildman–Crippen LogP) is 6.04. The van der Waals surface area contributed by atoms with Gasteiger partial charge in [-0.1, -0.05) is 54.2 Å². The van der Waals surface area contributed by atoms with Crippen LogP contribution in [0.3, 0.4) is 0 Å². The van der Waals surface area contributed by atoms with Gasteiger partial charge in [0.2, 0.25) is 0 Å². The first-order valence-corrected chi connectivity index (χ1v) is 10.3. The van der Waals surface area contributed by atoms with Crippen LogP contribution in [0.15, 0.2) is 83.3 Å². The highest BCUT2D eigenvalue weighted by Crippen LogP contribution is 2.36. The van der Waals surface area contributed by atoms with Gasteiger partial charge in [0.1, 0.15) is 11.1 Å². The van der Waals surface area contributed by atoms with E-state index in [2.05, 4.69) is 11.1 Å². The highest BCUT2D eigenvalue weighted by atomic mass is 32.2. The molecular weight excluding hydrogens is 370 g/mol. The zero-order chi connectivity index (χ0) is 18.5. The van der Waals surface area contributed by atoms with E-state index in [0.29, 0.717) is 11.3 Å². The smallest absolute Gasteiger partial charge is 0.116 e. The molecule has 0 aliphatic heterocycles. The van der Waals surface area contributed by atoms with Crippen LogP contribution in [0.5, 0.6) is 0 Å². The summed E-state index contributed by atoms with van der Waals surface area (Å²) in [5, 5.41) is 12.6. The van der Waals surface area contributed by atoms with Crippen LogP contribution in [0.25, 0.3) is 21.7 Å². The topological polar surface area (TPSA) is 49.6 Å². The minimum Gasteiger partial charge on any atom is -0.260 e. The van der Waals surface area contributed by atoms with Gasteiger partial charge in [-0.3, -0.25) is 4.98 Å². The molecule has 27 heavy (non-hydrogen) atoms. The molecule has 0 atom stereocenters. The SMILES string of the molecule is N#Cc1c(-c2cccs2)cc(-c2ccccc2)nc1SCc1ccccn1. The van der Waals surface area contributed by atoms with E-state index in [1.54, 1.807) is 29.3 Å². The molecule has 0 radical (unpaired) electrons. The molecule has 0 saturated heterocycles. The van der Waals surface area contributed by atoms with Crippen molar-refractivity contribution in [1.82, 2.24) is 9.97 Å². The van der Waals surface area contributed by atoms with E-state index in [9.17, 15) is 5.26 Å². The maximum Gasteiger partial charge on any atom is 0.116 e. The van der Waals surface area contributed by atoms with Crippen molar-refractivity contribution in [2.24, 2.45) is 0 Å². The molecule has 0 aliphatic rings. The summed E-state index contributed by atoms with van der Waals surface area (Å²) < 4.78 is 0. The number of hydrogen-bond donors (Lipinski definition) is 0. The monoisotopic (exact) mass is 385 g/mol. The van der Waals surface area contributed by atoms with Gasteiger partial charge in [0, 0.05) is 28.0 Å². The molecule has 0 aliphatic carbocycles. The quantitative estimate of drug-likeness (QED) is 0.393. The van der Waals surface area contributed by atoms with Gasteiger partial charge in [0.25, 0.3) is 0 Å². The Balaban J connectivity index is 1.80. The fourth-order valence-corrected chi connectivity index (χ4v) is 4.41. The number of hydrogen-bond acceptors (Lipinski definition) is 5. The lowest BCUT2D eigenvalue weighted by atomic mass is 10.0. The molecule has 0 fully saturated rings. The molecular formula is C22H15N3S2. The van der Waals surface area contributed by atoms with Gasteiger partial charge in [-0.2, -0.15) is 5.26 Å². The number of thiophene rings is 1. The average Bonchev–Trinajstić information content (AvgIpc) is 3.27. The van der Waals surface area contributed by atoms with Crippen molar-refractivity contribution < 1.29 is 0 Å². The van der Waals surface area contributed by atoms with Crippen LogP contribution in [0.4, 0.5) is 0 Å². The maximum absolute atomic E-state index is 9.84. The molecule has 0 amide bonds. The van der Waals surface area contributed by atoms with Crippen molar-refractivity contribution in [1.29, 1.82) is 5.26 Å². The highest BCUT2D eigenvalue weighted by Gasteiger charge is 2.16. The first-order valence-electron chi connectivity index (χ1n) is 8.42. The number of thioether (sulfide) groups is 1. The largest absolute Gasteiger partial charge is 0.260 e. The summed E-state index contributed by atoms with van der Waals surface area (Å²) >= 11 is 3.19. The summed E-state index contributed by atoms with van der Waals surface area (Å²) in [5.41, 5.74) is 4.44. The zero-order valence-corrected chi connectivity index (χ0v) is 16.0. The Morgan fingerprint density at radius 3 is 2.56 bits per heavy atom. The van der Waals surface area contributed by atoms with Crippen LogP contribution >= 0.6 is 23.1 Å². The standard InChI is InChI=1S/C22H15N3S2/c23-14-19-18(21-10-6-12-26-21)13-20(16-7-2-1-3-8-16)25-22(19)27-15-17-9-4-5-11-24-17/h1-13H,15H2. The molecule has 3 heterocycles. The van der Waals surface area contributed by atoms with E-state index < -0.39 is 0 Å². The third-order valence-corrected chi connectivity index (χ3v) is 5.95. The fraction of sp³-hybridized carbons (Fsp3) is 0.0455. The molecule has 4 rings (SSSR count). The summed E-state index contributed by atoms with van der Waals surface area (Å²) in [6.07, 6.45) is 1.78. The first kappa shape index (κ1) is 17.5. The lowest BCUT2D eigenvalue weighted by molar-refractivity contribution is 1.11. The van der Waals surface area contributed by atoms with E-state index in [4.69, 9.17) is 4.98 Å². The second kappa shape index (κ2) is 8.17. The van der Waals surface area contributed by atoms with Crippen LogP contribution < -0.4 is 0 Å². The van der Waals surface area contributed by atoms with E-state index in [1.807, 2.05) is 72.1 Å². The number of nitrogens with zero attached hydrogens (tertiary/aromatic N) is 3. The Kier molecular flexibility index (Phi) is 5.29. The van der Waals surface area contributed by atoms with Crippen LogP contribution in [0.1, 0.15) is 11.3 Å². The van der Waals surface area contributed by atoms with Crippen LogP contribution in [0.2, 0.25) is 0 Å².